The van der Waals surface area contributed by atoms with Gasteiger partial charge in [0.05, 0.1) is 6.10 Å². The molecule has 4 heteroatoms. The van der Waals surface area contributed by atoms with E-state index in [0.717, 1.165) is 0 Å². The summed E-state index contributed by atoms with van der Waals surface area (Å²) in [7, 11) is 0. The fourth-order valence-corrected chi connectivity index (χ4v) is 1.38. The second-order valence-corrected chi connectivity index (χ2v) is 3.79. The van der Waals surface area contributed by atoms with E-state index >= 15 is 0 Å². The Kier molecular flexibility index (Phi) is 4.41. The van der Waals surface area contributed by atoms with Crippen LogP contribution >= 0.6 is 0 Å². The van der Waals surface area contributed by atoms with Crippen LogP contribution in [0.25, 0.3) is 0 Å². The molecule has 2 N–H and O–H groups in total. The predicted octanol–water partition coefficient (Wildman–Crippen LogP) is 2.42. The van der Waals surface area contributed by atoms with Crippen LogP contribution in [0.1, 0.15) is 25.5 Å². The molecule has 0 heterocycles. The first-order valence-corrected chi connectivity index (χ1v) is 5.25. The zero-order valence-electron chi connectivity index (χ0n) is 9.81. The molecule has 0 spiro atoms. The van der Waals surface area contributed by atoms with Crippen LogP contribution in [0.2, 0.25) is 0 Å². The molecule has 0 bridgehead atoms. The van der Waals surface area contributed by atoms with Gasteiger partial charge in [0.2, 0.25) is 0 Å². The molecule has 0 radical (unpaired) electrons. The first-order chi connectivity index (χ1) is 8.02. The quantitative estimate of drug-likeness (QED) is 0.785. The molecular formula is C13H15NO3. The van der Waals surface area contributed by atoms with Crippen LogP contribution in [0.15, 0.2) is 24.3 Å². The van der Waals surface area contributed by atoms with Crippen molar-refractivity contribution >= 4 is 6.09 Å². The van der Waals surface area contributed by atoms with Gasteiger partial charge in [-0.05, 0) is 31.5 Å². The molecule has 1 atom stereocenters. The zero-order valence-corrected chi connectivity index (χ0v) is 9.81. The number of rotatable bonds is 4. The lowest BCUT2D eigenvalue weighted by Gasteiger charge is -2.14. The number of nitrogens with one attached hydrogen (secondary N) is 1. The van der Waals surface area contributed by atoms with Crippen molar-refractivity contribution in [2.24, 2.45) is 0 Å². The highest BCUT2D eigenvalue weighted by Gasteiger charge is 2.11. The number of amides is 1. The number of ether oxygens (including phenoxy) is 1. The Morgan fingerprint density at radius 2 is 2.24 bits per heavy atom. The minimum Gasteiger partial charge on any atom is -0.491 e. The monoisotopic (exact) mass is 233 g/mol. The van der Waals surface area contributed by atoms with E-state index in [1.807, 2.05) is 13.8 Å². The van der Waals surface area contributed by atoms with Crippen molar-refractivity contribution in [2.75, 3.05) is 0 Å². The second-order valence-electron chi connectivity index (χ2n) is 3.79. The molecule has 0 aliphatic carbocycles. The van der Waals surface area contributed by atoms with Gasteiger partial charge >= 0.3 is 6.09 Å². The van der Waals surface area contributed by atoms with E-state index in [2.05, 4.69) is 11.2 Å². The number of hydrogen-bond donors (Lipinski definition) is 2. The summed E-state index contributed by atoms with van der Waals surface area (Å²) in [4.78, 5) is 10.6. The SMILES string of the molecule is C#CC(NC(=O)O)c1cccc(OC(C)C)c1. The molecule has 0 aliphatic heterocycles. The topological polar surface area (TPSA) is 58.6 Å². The van der Waals surface area contributed by atoms with Crippen molar-refractivity contribution in [3.63, 3.8) is 0 Å². The average Bonchev–Trinajstić information content (AvgIpc) is 2.25. The summed E-state index contributed by atoms with van der Waals surface area (Å²) in [6.45, 7) is 3.83. The van der Waals surface area contributed by atoms with Gasteiger partial charge in [-0.15, -0.1) is 6.42 Å². The largest absolute Gasteiger partial charge is 0.491 e. The first kappa shape index (κ1) is 12.9. The Balaban J connectivity index is 2.89. The molecule has 1 rings (SSSR count). The van der Waals surface area contributed by atoms with E-state index in [1.165, 1.54) is 0 Å². The van der Waals surface area contributed by atoms with Crippen LogP contribution in [-0.2, 0) is 0 Å². The summed E-state index contributed by atoms with van der Waals surface area (Å²) in [5.41, 5.74) is 0.688. The Hall–Kier alpha value is -2.15. The summed E-state index contributed by atoms with van der Waals surface area (Å²) in [6.07, 6.45) is 4.20. The number of benzene rings is 1. The fourth-order valence-electron chi connectivity index (χ4n) is 1.38. The minimum absolute atomic E-state index is 0.0574. The molecule has 1 aromatic carbocycles. The molecule has 0 saturated carbocycles. The van der Waals surface area contributed by atoms with Gasteiger partial charge in [-0.3, -0.25) is 0 Å². The lowest BCUT2D eigenvalue weighted by molar-refractivity contribution is 0.192. The van der Waals surface area contributed by atoms with E-state index in [1.54, 1.807) is 24.3 Å². The maximum atomic E-state index is 10.6. The number of carbonyl (C=O) groups is 1. The lowest BCUT2D eigenvalue weighted by Crippen LogP contribution is -2.25. The molecular weight excluding hydrogens is 218 g/mol. The number of carboxylic acid groups (broad SMARTS) is 1. The maximum Gasteiger partial charge on any atom is 0.405 e. The normalized spacial score (nSPS) is 11.6. The Morgan fingerprint density at radius 3 is 2.76 bits per heavy atom. The Morgan fingerprint density at radius 1 is 1.53 bits per heavy atom. The summed E-state index contributed by atoms with van der Waals surface area (Å²) in [6, 6.07) is 6.41. The maximum absolute atomic E-state index is 10.6. The van der Waals surface area contributed by atoms with E-state index in [-0.39, 0.29) is 6.10 Å². The molecule has 1 aromatic rings. The van der Waals surface area contributed by atoms with Gasteiger partial charge in [0, 0.05) is 0 Å². The van der Waals surface area contributed by atoms with Crippen LogP contribution in [0.4, 0.5) is 4.79 Å². The van der Waals surface area contributed by atoms with Crippen LogP contribution in [0.3, 0.4) is 0 Å². The standard InChI is InChI=1S/C13H15NO3/c1-4-12(14-13(15)16)10-6-5-7-11(8-10)17-9(2)3/h1,5-9,12,14H,2-3H3,(H,15,16). The number of hydrogen-bond acceptors (Lipinski definition) is 2. The zero-order chi connectivity index (χ0) is 12.8. The highest BCUT2D eigenvalue weighted by atomic mass is 16.5. The van der Waals surface area contributed by atoms with Crippen LogP contribution in [-0.4, -0.2) is 17.3 Å². The first-order valence-electron chi connectivity index (χ1n) is 5.25. The summed E-state index contributed by atoms with van der Waals surface area (Å²) >= 11 is 0. The minimum atomic E-state index is -1.15. The van der Waals surface area contributed by atoms with Gasteiger partial charge in [0.15, 0.2) is 0 Å². The Bertz CT molecular complexity index is 435. The summed E-state index contributed by atoms with van der Waals surface area (Å²) in [5.74, 6) is 3.05. The van der Waals surface area contributed by atoms with Gasteiger partial charge in [-0.2, -0.15) is 0 Å². The van der Waals surface area contributed by atoms with Crippen LogP contribution in [0.5, 0.6) is 5.75 Å². The lowest BCUT2D eigenvalue weighted by atomic mass is 10.1. The molecule has 1 amide bonds. The van der Waals surface area contributed by atoms with Gasteiger partial charge in [0.1, 0.15) is 11.8 Å². The van der Waals surface area contributed by atoms with Crippen molar-refractivity contribution in [2.45, 2.75) is 26.0 Å². The van der Waals surface area contributed by atoms with Crippen molar-refractivity contribution in [3.05, 3.63) is 29.8 Å². The van der Waals surface area contributed by atoms with Gasteiger partial charge in [0.25, 0.3) is 0 Å². The van der Waals surface area contributed by atoms with E-state index < -0.39 is 12.1 Å². The van der Waals surface area contributed by atoms with Crippen molar-refractivity contribution in [3.8, 4) is 18.1 Å². The van der Waals surface area contributed by atoms with E-state index in [4.69, 9.17) is 16.3 Å². The third kappa shape index (κ3) is 4.07. The van der Waals surface area contributed by atoms with Gasteiger partial charge < -0.3 is 15.2 Å². The third-order valence-corrected chi connectivity index (χ3v) is 2.00. The molecule has 90 valence electrons. The molecule has 17 heavy (non-hydrogen) atoms. The van der Waals surface area contributed by atoms with Gasteiger partial charge in [-0.25, -0.2) is 4.79 Å². The van der Waals surface area contributed by atoms with Crippen molar-refractivity contribution in [1.29, 1.82) is 0 Å². The van der Waals surface area contributed by atoms with Gasteiger partial charge in [-0.1, -0.05) is 18.1 Å². The summed E-state index contributed by atoms with van der Waals surface area (Å²) < 4.78 is 5.51. The Labute approximate surface area is 101 Å². The molecule has 1 unspecified atom stereocenters. The van der Waals surface area contributed by atoms with Crippen LogP contribution < -0.4 is 10.1 Å². The van der Waals surface area contributed by atoms with Crippen LogP contribution in [0, 0.1) is 12.3 Å². The number of terminal acetylenes is 1. The van der Waals surface area contributed by atoms with Crippen molar-refractivity contribution < 1.29 is 14.6 Å². The average molecular weight is 233 g/mol. The van der Waals surface area contributed by atoms with Crippen molar-refractivity contribution in [1.82, 2.24) is 5.32 Å². The third-order valence-electron chi connectivity index (χ3n) is 2.00. The van der Waals surface area contributed by atoms with E-state index in [9.17, 15) is 4.79 Å². The molecule has 0 saturated heterocycles. The summed E-state index contributed by atoms with van der Waals surface area (Å²) in [5, 5.41) is 10.9. The fraction of sp³-hybridized carbons (Fsp3) is 0.308. The molecule has 0 aliphatic rings. The smallest absolute Gasteiger partial charge is 0.405 e. The predicted molar refractivity (Wildman–Crippen MR) is 64.9 cm³/mol. The molecule has 0 aromatic heterocycles. The second kappa shape index (κ2) is 5.80. The molecule has 0 fully saturated rings. The highest BCUT2D eigenvalue weighted by molar-refractivity contribution is 5.66. The molecule has 4 nitrogen and oxygen atoms in total. The van der Waals surface area contributed by atoms with E-state index in [0.29, 0.717) is 11.3 Å². The highest BCUT2D eigenvalue weighted by Crippen LogP contribution is 2.19.